The minimum Gasteiger partial charge on any atom is -0.495 e. The lowest BCUT2D eigenvalue weighted by Crippen LogP contribution is -2.51. The van der Waals surface area contributed by atoms with Crippen molar-refractivity contribution in [3.63, 3.8) is 0 Å². The minimum absolute atomic E-state index is 0.0207. The van der Waals surface area contributed by atoms with Crippen LogP contribution in [0.3, 0.4) is 0 Å². The number of rotatable bonds is 5. The number of benzene rings is 2. The number of piperazine rings is 1. The molecule has 11 heteroatoms. The summed E-state index contributed by atoms with van der Waals surface area (Å²) in [5.41, 5.74) is 1.26. The van der Waals surface area contributed by atoms with E-state index >= 15 is 0 Å². The van der Waals surface area contributed by atoms with Gasteiger partial charge >= 0.3 is 6.03 Å². The number of hydrogen-bond acceptors (Lipinski definition) is 8. The van der Waals surface area contributed by atoms with Gasteiger partial charge in [-0.25, -0.2) is 17.5 Å². The van der Waals surface area contributed by atoms with Crippen LogP contribution in [0.4, 0.5) is 16.2 Å². The highest BCUT2D eigenvalue weighted by Gasteiger charge is 2.38. The van der Waals surface area contributed by atoms with Crippen molar-refractivity contribution in [1.29, 1.82) is 0 Å². The van der Waals surface area contributed by atoms with Crippen molar-refractivity contribution in [2.45, 2.75) is 4.90 Å². The van der Waals surface area contributed by atoms with Crippen LogP contribution in [-0.4, -0.2) is 83.2 Å². The van der Waals surface area contributed by atoms with E-state index in [1.54, 1.807) is 7.11 Å². The van der Waals surface area contributed by atoms with Crippen LogP contribution in [0.15, 0.2) is 41.3 Å². The molecular weight excluding hydrogens is 448 g/mol. The number of nitrogens with one attached hydrogen (secondary N) is 1. The molecule has 0 bridgehead atoms. The van der Waals surface area contributed by atoms with Crippen molar-refractivity contribution in [3.8, 4) is 17.2 Å². The Balaban J connectivity index is 1.25. The Morgan fingerprint density at radius 2 is 1.70 bits per heavy atom. The second-order valence-electron chi connectivity index (χ2n) is 8.00. The van der Waals surface area contributed by atoms with Crippen LogP contribution >= 0.6 is 0 Å². The number of fused-ring (bicyclic) bond motifs is 2. The number of carbonyl (C=O) groups is 1. The molecular formula is C22H26N4O6S. The molecule has 1 saturated heterocycles. The van der Waals surface area contributed by atoms with Gasteiger partial charge in [0.25, 0.3) is 10.0 Å². The predicted molar refractivity (Wildman–Crippen MR) is 122 cm³/mol. The van der Waals surface area contributed by atoms with Crippen molar-refractivity contribution in [3.05, 3.63) is 36.4 Å². The third-order valence-electron chi connectivity index (χ3n) is 6.10. The fraction of sp³-hybridized carbons (Fsp3) is 0.409. The normalized spacial score (nSPS) is 19.6. The minimum atomic E-state index is -4.00. The number of amides is 2. The monoisotopic (exact) mass is 474 g/mol. The van der Waals surface area contributed by atoms with Crippen LogP contribution in [0.5, 0.6) is 17.2 Å². The van der Waals surface area contributed by atoms with E-state index in [9.17, 15) is 13.2 Å². The van der Waals surface area contributed by atoms with E-state index in [4.69, 9.17) is 14.2 Å². The van der Waals surface area contributed by atoms with Gasteiger partial charge < -0.3 is 24.4 Å². The summed E-state index contributed by atoms with van der Waals surface area (Å²) < 4.78 is 43.8. The third-order valence-corrected chi connectivity index (χ3v) is 7.92. The molecule has 5 rings (SSSR count). The van der Waals surface area contributed by atoms with Crippen LogP contribution < -0.4 is 24.4 Å². The second-order valence-corrected chi connectivity index (χ2v) is 9.83. The second kappa shape index (κ2) is 8.64. The van der Waals surface area contributed by atoms with E-state index < -0.39 is 16.1 Å². The number of carbonyl (C=O) groups excluding carboxylic acids is 1. The highest BCUT2D eigenvalue weighted by molar-refractivity contribution is 7.90. The van der Waals surface area contributed by atoms with Crippen molar-refractivity contribution in [1.82, 2.24) is 9.21 Å². The van der Waals surface area contributed by atoms with Crippen molar-refractivity contribution in [2.75, 3.05) is 69.8 Å². The van der Waals surface area contributed by atoms with Crippen LogP contribution in [0.2, 0.25) is 0 Å². The summed E-state index contributed by atoms with van der Waals surface area (Å²) >= 11 is 0. The number of anilines is 2. The zero-order chi connectivity index (χ0) is 23.0. The van der Waals surface area contributed by atoms with Gasteiger partial charge in [0.05, 0.1) is 25.0 Å². The maximum absolute atomic E-state index is 13.2. The number of nitrogens with zero attached hydrogens (tertiary/aromatic N) is 3. The Kier molecular flexibility index (Phi) is 5.67. The van der Waals surface area contributed by atoms with E-state index in [0.29, 0.717) is 31.3 Å². The summed E-state index contributed by atoms with van der Waals surface area (Å²) in [7, 11) is -2.34. The van der Waals surface area contributed by atoms with Crippen LogP contribution in [0.25, 0.3) is 0 Å². The molecule has 2 amide bonds. The maximum atomic E-state index is 13.2. The average Bonchev–Trinajstić information content (AvgIpc) is 2.83. The van der Waals surface area contributed by atoms with Gasteiger partial charge in [-0.05, 0) is 12.1 Å². The zero-order valence-corrected chi connectivity index (χ0v) is 19.1. The summed E-state index contributed by atoms with van der Waals surface area (Å²) in [5, 5.41) is 2.68. The molecule has 1 fully saturated rings. The molecule has 0 unspecified atom stereocenters. The summed E-state index contributed by atoms with van der Waals surface area (Å²) in [5.74, 6) is 1.63. The quantitative estimate of drug-likeness (QED) is 0.701. The molecule has 3 aliphatic heterocycles. The molecule has 2 aromatic carbocycles. The molecule has 0 spiro atoms. The summed E-state index contributed by atoms with van der Waals surface area (Å²) in [6, 6.07) is 10.2. The number of para-hydroxylation sites is 2. The first-order valence-corrected chi connectivity index (χ1v) is 12.3. The molecule has 0 aromatic heterocycles. The lowest BCUT2D eigenvalue weighted by atomic mass is 10.2. The Bertz CT molecular complexity index is 1160. The van der Waals surface area contributed by atoms with Crippen molar-refractivity contribution in [2.24, 2.45) is 0 Å². The molecule has 176 valence electrons. The lowest BCUT2D eigenvalue weighted by Gasteiger charge is -2.37. The van der Waals surface area contributed by atoms with Gasteiger partial charge in [-0.1, -0.05) is 12.1 Å². The number of sulfonamides is 1. The fourth-order valence-electron chi connectivity index (χ4n) is 4.34. The molecule has 0 saturated carbocycles. The Hall–Kier alpha value is -3.18. The topological polar surface area (TPSA) is 101 Å². The fourth-order valence-corrected chi connectivity index (χ4v) is 5.81. The van der Waals surface area contributed by atoms with Crippen molar-refractivity contribution >= 4 is 27.4 Å². The van der Waals surface area contributed by atoms with Crippen LogP contribution in [0.1, 0.15) is 0 Å². The van der Waals surface area contributed by atoms with Gasteiger partial charge in [0.15, 0.2) is 11.5 Å². The highest BCUT2D eigenvalue weighted by atomic mass is 32.2. The molecule has 0 aliphatic carbocycles. The molecule has 0 atom stereocenters. The Labute approximate surface area is 192 Å². The molecule has 1 N–H and O–H groups in total. The summed E-state index contributed by atoms with van der Waals surface area (Å²) in [6.45, 7) is 4.32. The average molecular weight is 475 g/mol. The Morgan fingerprint density at radius 1 is 1.00 bits per heavy atom. The zero-order valence-electron chi connectivity index (χ0n) is 18.3. The SMILES string of the molecule is COc1ccccc1N1CCN(CCN2C(=O)Nc3cc4c(cc3S2(=O)=O)OCCO4)CC1. The first-order valence-electron chi connectivity index (χ1n) is 10.8. The van der Waals surface area contributed by atoms with Gasteiger partial charge in [0.2, 0.25) is 0 Å². The first kappa shape index (κ1) is 21.7. The van der Waals surface area contributed by atoms with E-state index in [0.717, 1.165) is 41.9 Å². The number of urea groups is 1. The maximum Gasteiger partial charge on any atom is 0.335 e. The van der Waals surface area contributed by atoms with Gasteiger partial charge in [-0.2, -0.15) is 0 Å². The third kappa shape index (κ3) is 4.02. The van der Waals surface area contributed by atoms with E-state index in [1.807, 2.05) is 24.3 Å². The van der Waals surface area contributed by atoms with E-state index in [2.05, 4.69) is 15.1 Å². The molecule has 33 heavy (non-hydrogen) atoms. The lowest BCUT2D eigenvalue weighted by molar-refractivity contribution is 0.171. The number of ether oxygens (including phenoxy) is 3. The summed E-state index contributed by atoms with van der Waals surface area (Å²) in [6.07, 6.45) is 0. The van der Waals surface area contributed by atoms with Crippen LogP contribution in [0, 0.1) is 0 Å². The molecule has 3 heterocycles. The standard InChI is InChI=1S/C22H26N4O6S/c1-30-18-5-3-2-4-17(18)25-9-6-24(7-10-25)8-11-26-22(27)23-16-14-19-20(32-13-12-31-19)15-21(16)33(26,28)29/h2-5,14-15H,6-13H2,1H3,(H,23,27). The van der Waals surface area contributed by atoms with Gasteiger partial charge in [0.1, 0.15) is 23.9 Å². The number of methoxy groups -OCH3 is 1. The van der Waals surface area contributed by atoms with E-state index in [1.165, 1.54) is 12.1 Å². The largest absolute Gasteiger partial charge is 0.495 e. The predicted octanol–water partition coefficient (Wildman–Crippen LogP) is 1.82. The molecule has 10 nitrogen and oxygen atoms in total. The highest BCUT2D eigenvalue weighted by Crippen LogP contribution is 2.40. The van der Waals surface area contributed by atoms with Gasteiger partial charge in [0, 0.05) is 44.9 Å². The van der Waals surface area contributed by atoms with E-state index in [-0.39, 0.29) is 17.1 Å². The van der Waals surface area contributed by atoms with Gasteiger partial charge in [-0.3, -0.25) is 4.90 Å². The van der Waals surface area contributed by atoms with Crippen molar-refractivity contribution < 1.29 is 27.4 Å². The molecule has 0 radical (unpaired) electrons. The smallest absolute Gasteiger partial charge is 0.335 e. The number of hydrogen-bond donors (Lipinski definition) is 1. The Morgan fingerprint density at radius 3 is 2.42 bits per heavy atom. The van der Waals surface area contributed by atoms with Gasteiger partial charge in [-0.15, -0.1) is 0 Å². The first-order chi connectivity index (χ1) is 16.0. The molecule has 2 aromatic rings. The van der Waals surface area contributed by atoms with Crippen LogP contribution in [-0.2, 0) is 10.0 Å². The molecule has 3 aliphatic rings. The summed E-state index contributed by atoms with van der Waals surface area (Å²) in [4.78, 5) is 17.1.